The van der Waals surface area contributed by atoms with Crippen LogP contribution in [0.15, 0.2) is 12.1 Å². The topological polar surface area (TPSA) is 73.8 Å². The lowest BCUT2D eigenvalue weighted by molar-refractivity contribution is -0.698. The van der Waals surface area contributed by atoms with Gasteiger partial charge in [0.25, 0.3) is 0 Å². The molecule has 2 aromatic carbocycles. The standard InChI is InChI=1S/C20H23NO5/c1-23-14-8-10-7-13-16-11(5-6-21-13)18(22)20(26-4)19(25-3)17(16)12(10)9-15(14)24-2/h8-9,13,21-22H,5-7H2,1-4H3/p+1/t13-/m1/s1. The van der Waals surface area contributed by atoms with Gasteiger partial charge < -0.3 is 29.4 Å². The summed E-state index contributed by atoms with van der Waals surface area (Å²) in [4.78, 5) is 0. The summed E-state index contributed by atoms with van der Waals surface area (Å²) in [6.45, 7) is 0.933. The average molecular weight is 358 g/mol. The van der Waals surface area contributed by atoms with Gasteiger partial charge in [-0.1, -0.05) is 0 Å². The minimum Gasteiger partial charge on any atom is -0.504 e. The highest BCUT2D eigenvalue weighted by molar-refractivity contribution is 5.86. The quantitative estimate of drug-likeness (QED) is 0.872. The summed E-state index contributed by atoms with van der Waals surface area (Å²) in [5.74, 6) is 2.55. The van der Waals surface area contributed by atoms with E-state index in [4.69, 9.17) is 18.9 Å². The molecule has 138 valence electrons. The number of rotatable bonds is 4. The van der Waals surface area contributed by atoms with Crippen LogP contribution in [0.25, 0.3) is 11.1 Å². The van der Waals surface area contributed by atoms with Crippen LogP contribution in [0.3, 0.4) is 0 Å². The van der Waals surface area contributed by atoms with Crippen molar-refractivity contribution < 1.29 is 29.4 Å². The molecule has 2 aliphatic rings. The predicted molar refractivity (Wildman–Crippen MR) is 96.7 cm³/mol. The molecule has 4 rings (SSSR count). The Bertz CT molecular complexity index is 877. The van der Waals surface area contributed by atoms with E-state index in [1.54, 1.807) is 28.4 Å². The Morgan fingerprint density at radius 2 is 1.65 bits per heavy atom. The monoisotopic (exact) mass is 358 g/mol. The van der Waals surface area contributed by atoms with Gasteiger partial charge in [-0.15, -0.1) is 0 Å². The third kappa shape index (κ3) is 2.22. The van der Waals surface area contributed by atoms with Crippen molar-refractivity contribution in [1.29, 1.82) is 0 Å². The minimum atomic E-state index is 0.199. The van der Waals surface area contributed by atoms with Crippen molar-refractivity contribution >= 4 is 0 Å². The zero-order valence-electron chi connectivity index (χ0n) is 15.5. The van der Waals surface area contributed by atoms with Crippen molar-refractivity contribution in [2.45, 2.75) is 18.9 Å². The van der Waals surface area contributed by atoms with Crippen molar-refractivity contribution in [3.63, 3.8) is 0 Å². The van der Waals surface area contributed by atoms with Crippen LogP contribution in [0.2, 0.25) is 0 Å². The Morgan fingerprint density at radius 1 is 0.962 bits per heavy atom. The molecule has 3 N–H and O–H groups in total. The molecule has 0 unspecified atom stereocenters. The Balaban J connectivity index is 2.09. The van der Waals surface area contributed by atoms with Gasteiger partial charge >= 0.3 is 0 Å². The van der Waals surface area contributed by atoms with Gasteiger partial charge in [0.15, 0.2) is 23.0 Å². The second kappa shape index (κ2) is 6.29. The highest BCUT2D eigenvalue weighted by atomic mass is 16.5. The van der Waals surface area contributed by atoms with Crippen molar-refractivity contribution in [3.8, 4) is 39.9 Å². The van der Waals surface area contributed by atoms with Crippen molar-refractivity contribution in [2.75, 3.05) is 35.0 Å². The highest BCUT2D eigenvalue weighted by Crippen LogP contribution is 2.55. The molecule has 1 heterocycles. The number of hydrogen-bond donors (Lipinski definition) is 2. The number of hydrogen-bond acceptors (Lipinski definition) is 5. The Kier molecular flexibility index (Phi) is 4.07. The van der Waals surface area contributed by atoms with Crippen molar-refractivity contribution in [2.24, 2.45) is 0 Å². The van der Waals surface area contributed by atoms with Crippen LogP contribution in [0, 0.1) is 0 Å². The normalized spacial score (nSPS) is 17.2. The average Bonchev–Trinajstić information content (AvgIpc) is 2.68. The predicted octanol–water partition coefficient (Wildman–Crippen LogP) is 1.81. The molecule has 26 heavy (non-hydrogen) atoms. The molecule has 0 amide bonds. The maximum Gasteiger partial charge on any atom is 0.204 e. The molecule has 1 atom stereocenters. The zero-order valence-corrected chi connectivity index (χ0v) is 15.5. The first-order valence-corrected chi connectivity index (χ1v) is 8.72. The summed E-state index contributed by atoms with van der Waals surface area (Å²) in [6, 6.07) is 4.27. The summed E-state index contributed by atoms with van der Waals surface area (Å²) in [5.41, 5.74) is 5.31. The van der Waals surface area contributed by atoms with E-state index < -0.39 is 0 Å². The van der Waals surface area contributed by atoms with Gasteiger partial charge in [-0.3, -0.25) is 0 Å². The van der Waals surface area contributed by atoms with E-state index in [1.807, 2.05) is 12.1 Å². The van der Waals surface area contributed by atoms with E-state index in [0.717, 1.165) is 47.4 Å². The molecule has 0 aromatic heterocycles. The summed E-state index contributed by atoms with van der Waals surface area (Å²) >= 11 is 0. The third-order valence-electron chi connectivity index (χ3n) is 5.47. The van der Waals surface area contributed by atoms with Crippen LogP contribution in [-0.2, 0) is 12.8 Å². The van der Waals surface area contributed by atoms with Gasteiger partial charge in [0.2, 0.25) is 5.75 Å². The van der Waals surface area contributed by atoms with Crippen LogP contribution in [0.1, 0.15) is 22.7 Å². The lowest BCUT2D eigenvalue weighted by atomic mass is 9.76. The lowest BCUT2D eigenvalue weighted by Gasteiger charge is -2.34. The van der Waals surface area contributed by atoms with Crippen LogP contribution in [0.4, 0.5) is 0 Å². The van der Waals surface area contributed by atoms with Gasteiger partial charge in [0.05, 0.1) is 35.0 Å². The van der Waals surface area contributed by atoms with Crippen LogP contribution < -0.4 is 24.3 Å². The Hall–Kier alpha value is -2.60. The molecule has 0 bridgehead atoms. The number of fused-ring (bicyclic) bond motifs is 2. The molecule has 1 aliphatic heterocycles. The summed E-state index contributed by atoms with van der Waals surface area (Å²) in [5, 5.41) is 13.1. The molecule has 1 aliphatic carbocycles. The van der Waals surface area contributed by atoms with E-state index in [1.165, 1.54) is 5.56 Å². The number of benzene rings is 2. The molecule has 0 radical (unpaired) electrons. The van der Waals surface area contributed by atoms with Gasteiger partial charge in [0.1, 0.15) is 6.04 Å². The van der Waals surface area contributed by atoms with Crippen LogP contribution in [0.5, 0.6) is 28.7 Å². The largest absolute Gasteiger partial charge is 0.504 e. The second-order valence-electron chi connectivity index (χ2n) is 6.63. The van der Waals surface area contributed by atoms with Crippen molar-refractivity contribution in [3.05, 3.63) is 28.8 Å². The van der Waals surface area contributed by atoms with Gasteiger partial charge in [-0.2, -0.15) is 0 Å². The van der Waals surface area contributed by atoms with Crippen molar-refractivity contribution in [1.82, 2.24) is 0 Å². The fourth-order valence-electron chi connectivity index (χ4n) is 4.36. The number of quaternary nitrogens is 1. The first-order valence-electron chi connectivity index (χ1n) is 8.72. The molecule has 0 fully saturated rings. The molecular weight excluding hydrogens is 334 g/mol. The van der Waals surface area contributed by atoms with Crippen LogP contribution in [-0.4, -0.2) is 40.1 Å². The van der Waals surface area contributed by atoms with Gasteiger partial charge in [0, 0.05) is 29.5 Å². The number of phenols is 1. The number of nitrogens with two attached hydrogens (primary N) is 1. The number of aromatic hydroxyl groups is 1. The number of ether oxygens (including phenoxy) is 4. The molecule has 0 saturated heterocycles. The Labute approximate surface area is 152 Å². The summed E-state index contributed by atoms with van der Waals surface area (Å²) in [7, 11) is 6.44. The molecule has 6 nitrogen and oxygen atoms in total. The second-order valence-corrected chi connectivity index (χ2v) is 6.63. The van der Waals surface area contributed by atoms with E-state index in [9.17, 15) is 5.11 Å². The van der Waals surface area contributed by atoms with E-state index in [0.29, 0.717) is 17.2 Å². The highest BCUT2D eigenvalue weighted by Gasteiger charge is 2.39. The fourth-order valence-corrected chi connectivity index (χ4v) is 4.36. The first kappa shape index (κ1) is 16.8. The van der Waals surface area contributed by atoms with E-state index in [-0.39, 0.29) is 11.8 Å². The fraction of sp³-hybridized carbons (Fsp3) is 0.400. The van der Waals surface area contributed by atoms with Gasteiger partial charge in [-0.25, -0.2) is 0 Å². The maximum absolute atomic E-state index is 10.8. The number of methoxy groups -OCH3 is 4. The smallest absolute Gasteiger partial charge is 0.204 e. The van der Waals surface area contributed by atoms with Gasteiger partial charge in [-0.05, 0) is 23.3 Å². The zero-order chi connectivity index (χ0) is 18.4. The van der Waals surface area contributed by atoms with E-state index >= 15 is 0 Å². The minimum absolute atomic E-state index is 0.199. The van der Waals surface area contributed by atoms with Crippen LogP contribution >= 0.6 is 0 Å². The summed E-state index contributed by atoms with van der Waals surface area (Å²) in [6.07, 6.45) is 1.66. The molecule has 0 spiro atoms. The molecule has 6 heteroatoms. The SMILES string of the molecule is COc1cc2c(cc1OC)-c1c(OC)c(OC)c(O)c3c1[C@@H](C2)[NH2+]CC3. The number of phenolic OH excluding ortho intramolecular Hbond substituents is 1. The Morgan fingerprint density at radius 3 is 2.31 bits per heavy atom. The molecule has 0 saturated carbocycles. The molecule has 2 aromatic rings. The summed E-state index contributed by atoms with van der Waals surface area (Å²) < 4.78 is 22.2. The lowest BCUT2D eigenvalue weighted by Crippen LogP contribution is -2.87. The molecular formula is C20H24NO5+. The first-order chi connectivity index (χ1) is 12.6. The maximum atomic E-state index is 10.8. The van der Waals surface area contributed by atoms with E-state index in [2.05, 4.69) is 5.32 Å². The third-order valence-corrected chi connectivity index (χ3v) is 5.47.